The summed E-state index contributed by atoms with van der Waals surface area (Å²) in [6.07, 6.45) is 1.48. The van der Waals surface area contributed by atoms with Crippen LogP contribution in [0.1, 0.15) is 53.8 Å². The molecule has 0 spiro atoms. The van der Waals surface area contributed by atoms with E-state index in [1.165, 1.54) is 29.4 Å². The summed E-state index contributed by atoms with van der Waals surface area (Å²) in [5.41, 5.74) is 0.384. The van der Waals surface area contributed by atoms with Crippen LogP contribution in [0.5, 0.6) is 5.75 Å². The second-order valence-corrected chi connectivity index (χ2v) is 9.79. The summed E-state index contributed by atoms with van der Waals surface area (Å²) in [7, 11) is -3.83. The maximum absolute atomic E-state index is 13.0. The van der Waals surface area contributed by atoms with Crippen molar-refractivity contribution in [1.82, 2.24) is 4.31 Å². The minimum atomic E-state index is -3.83. The molecule has 0 bridgehead atoms. The van der Waals surface area contributed by atoms with Crippen LogP contribution in [0.15, 0.2) is 47.4 Å². The van der Waals surface area contributed by atoms with E-state index in [0.717, 1.165) is 19.3 Å². The second-order valence-electron chi connectivity index (χ2n) is 7.48. The van der Waals surface area contributed by atoms with Gasteiger partial charge in [-0.1, -0.05) is 18.0 Å². The highest BCUT2D eigenvalue weighted by molar-refractivity contribution is 7.89. The summed E-state index contributed by atoms with van der Waals surface area (Å²) in [4.78, 5) is 25.1. The summed E-state index contributed by atoms with van der Waals surface area (Å²) in [6, 6.07) is 10.5. The number of rotatable bonds is 8. The first-order chi connectivity index (χ1) is 15.2. The molecule has 1 fully saturated rings. The van der Waals surface area contributed by atoms with E-state index in [0.29, 0.717) is 31.0 Å². The first-order valence-corrected chi connectivity index (χ1v) is 12.3. The predicted molar refractivity (Wildman–Crippen MR) is 121 cm³/mol. The van der Waals surface area contributed by atoms with Crippen LogP contribution in [0.25, 0.3) is 0 Å². The monoisotopic (exact) mass is 479 g/mol. The lowest BCUT2D eigenvalue weighted by atomic mass is 10.1. The molecule has 9 heteroatoms. The van der Waals surface area contributed by atoms with E-state index in [-0.39, 0.29) is 21.3 Å². The number of hydrogen-bond acceptors (Lipinski definition) is 6. The number of benzene rings is 2. The minimum Gasteiger partial charge on any atom is -0.494 e. The second kappa shape index (κ2) is 10.5. The molecule has 0 unspecified atom stereocenters. The Morgan fingerprint density at radius 3 is 2.28 bits per heavy atom. The Kier molecular flexibility index (Phi) is 7.92. The molecule has 0 aliphatic carbocycles. The molecule has 7 nitrogen and oxygen atoms in total. The van der Waals surface area contributed by atoms with Crippen LogP contribution in [-0.2, 0) is 14.8 Å². The quantitative estimate of drug-likeness (QED) is 0.413. The van der Waals surface area contributed by atoms with Gasteiger partial charge >= 0.3 is 5.97 Å². The van der Waals surface area contributed by atoms with Crippen molar-refractivity contribution in [2.45, 2.75) is 44.1 Å². The highest BCUT2D eigenvalue weighted by Gasteiger charge is 2.29. The zero-order valence-corrected chi connectivity index (χ0v) is 19.6. The van der Waals surface area contributed by atoms with Crippen LogP contribution < -0.4 is 4.74 Å². The molecule has 1 aliphatic rings. The standard InChI is InChI=1S/C23H26ClNO6S/c1-3-30-19-10-7-17(8-11-19)22(26)16(2)31-23(27)18-9-12-20(24)21(15-18)32(28,29)25-13-5-4-6-14-25/h7-12,15-16H,3-6,13-14H2,1-2H3/t16-/m1/s1. The third kappa shape index (κ3) is 5.49. The van der Waals surface area contributed by atoms with E-state index >= 15 is 0 Å². The molecule has 2 aromatic carbocycles. The van der Waals surface area contributed by atoms with Crippen molar-refractivity contribution in [2.75, 3.05) is 19.7 Å². The summed E-state index contributed by atoms with van der Waals surface area (Å²) in [6.45, 7) is 4.68. The van der Waals surface area contributed by atoms with Gasteiger partial charge in [-0.2, -0.15) is 4.31 Å². The van der Waals surface area contributed by atoms with Gasteiger partial charge in [-0.05, 0) is 69.2 Å². The highest BCUT2D eigenvalue weighted by Crippen LogP contribution is 2.28. The zero-order chi connectivity index (χ0) is 23.3. The molecule has 3 rings (SSSR count). The van der Waals surface area contributed by atoms with Gasteiger partial charge in [0.25, 0.3) is 0 Å². The molecule has 0 radical (unpaired) electrons. The molecule has 0 aromatic heterocycles. The number of hydrogen-bond donors (Lipinski definition) is 0. The molecule has 32 heavy (non-hydrogen) atoms. The van der Waals surface area contributed by atoms with Crippen molar-refractivity contribution in [1.29, 1.82) is 0 Å². The van der Waals surface area contributed by atoms with E-state index in [1.54, 1.807) is 24.3 Å². The van der Waals surface area contributed by atoms with Gasteiger partial charge in [-0.25, -0.2) is 13.2 Å². The fourth-order valence-corrected chi connectivity index (χ4v) is 5.49. The molecule has 1 saturated heterocycles. The van der Waals surface area contributed by atoms with Gasteiger partial charge in [0.05, 0.1) is 17.2 Å². The molecule has 1 heterocycles. The normalized spacial score (nSPS) is 15.7. The van der Waals surface area contributed by atoms with Crippen LogP contribution in [0.2, 0.25) is 5.02 Å². The molecular weight excluding hydrogens is 454 g/mol. The van der Waals surface area contributed by atoms with Crippen molar-refractivity contribution >= 4 is 33.4 Å². The topological polar surface area (TPSA) is 90.0 Å². The average molecular weight is 480 g/mol. The molecule has 0 amide bonds. The Bertz CT molecular complexity index is 1080. The summed E-state index contributed by atoms with van der Waals surface area (Å²) < 4.78 is 38.0. The van der Waals surface area contributed by atoms with Crippen molar-refractivity contribution < 1.29 is 27.5 Å². The number of esters is 1. The molecule has 1 aliphatic heterocycles. The Morgan fingerprint density at radius 1 is 1.03 bits per heavy atom. The fraction of sp³-hybridized carbons (Fsp3) is 0.391. The largest absolute Gasteiger partial charge is 0.494 e. The van der Waals surface area contributed by atoms with Crippen LogP contribution in [-0.4, -0.2) is 50.3 Å². The zero-order valence-electron chi connectivity index (χ0n) is 18.0. The van der Waals surface area contributed by atoms with Gasteiger partial charge < -0.3 is 9.47 Å². The first-order valence-electron chi connectivity index (χ1n) is 10.5. The molecular formula is C23H26ClNO6S. The summed E-state index contributed by atoms with van der Waals surface area (Å²) in [5, 5.41) is 0.0330. The van der Waals surface area contributed by atoms with E-state index in [2.05, 4.69) is 0 Å². The molecule has 0 N–H and O–H groups in total. The van der Waals surface area contributed by atoms with Gasteiger partial charge in [0.2, 0.25) is 15.8 Å². The lowest BCUT2D eigenvalue weighted by Crippen LogP contribution is -2.35. The SMILES string of the molecule is CCOc1ccc(C(=O)[C@@H](C)OC(=O)c2ccc(Cl)c(S(=O)(=O)N3CCCCC3)c2)cc1. The van der Waals surface area contributed by atoms with Gasteiger partial charge in [0.1, 0.15) is 10.6 Å². The number of piperidine rings is 1. The van der Waals surface area contributed by atoms with Crippen LogP contribution in [0, 0.1) is 0 Å². The third-order valence-electron chi connectivity index (χ3n) is 5.20. The van der Waals surface area contributed by atoms with Crippen LogP contribution >= 0.6 is 11.6 Å². The number of carbonyl (C=O) groups excluding carboxylic acids is 2. The van der Waals surface area contributed by atoms with E-state index in [9.17, 15) is 18.0 Å². The lowest BCUT2D eigenvalue weighted by molar-refractivity contribution is 0.0318. The molecule has 172 valence electrons. The Hall–Kier alpha value is -2.42. The predicted octanol–water partition coefficient (Wildman–Crippen LogP) is 4.34. The smallest absolute Gasteiger partial charge is 0.338 e. The number of sulfonamides is 1. The molecule has 0 saturated carbocycles. The molecule has 1 atom stereocenters. The van der Waals surface area contributed by atoms with Crippen molar-refractivity contribution in [2.24, 2.45) is 0 Å². The van der Waals surface area contributed by atoms with Gasteiger partial charge in [-0.3, -0.25) is 4.79 Å². The highest BCUT2D eigenvalue weighted by atomic mass is 35.5. The number of carbonyl (C=O) groups is 2. The van der Waals surface area contributed by atoms with Crippen molar-refractivity contribution in [3.8, 4) is 5.75 Å². The van der Waals surface area contributed by atoms with Gasteiger partial charge in [0, 0.05) is 18.7 Å². The van der Waals surface area contributed by atoms with Crippen molar-refractivity contribution in [3.63, 3.8) is 0 Å². The van der Waals surface area contributed by atoms with E-state index < -0.39 is 22.1 Å². The number of ether oxygens (including phenoxy) is 2. The Morgan fingerprint density at radius 2 is 1.66 bits per heavy atom. The minimum absolute atomic E-state index is 0.0105. The third-order valence-corrected chi connectivity index (χ3v) is 7.58. The van der Waals surface area contributed by atoms with Gasteiger partial charge in [-0.15, -0.1) is 0 Å². The Balaban J connectivity index is 1.74. The van der Waals surface area contributed by atoms with E-state index in [4.69, 9.17) is 21.1 Å². The number of nitrogens with zero attached hydrogens (tertiary/aromatic N) is 1. The maximum atomic E-state index is 13.0. The first kappa shape index (κ1) is 24.2. The Labute approximate surface area is 193 Å². The van der Waals surface area contributed by atoms with Crippen LogP contribution in [0.4, 0.5) is 0 Å². The molecule has 2 aromatic rings. The van der Waals surface area contributed by atoms with Gasteiger partial charge in [0.15, 0.2) is 6.10 Å². The summed E-state index contributed by atoms with van der Waals surface area (Å²) in [5.74, 6) is -0.544. The number of ketones is 1. The van der Waals surface area contributed by atoms with Crippen molar-refractivity contribution in [3.05, 3.63) is 58.6 Å². The maximum Gasteiger partial charge on any atom is 0.338 e. The summed E-state index contributed by atoms with van der Waals surface area (Å²) >= 11 is 6.15. The number of halogens is 1. The lowest BCUT2D eigenvalue weighted by Gasteiger charge is -2.26. The van der Waals surface area contributed by atoms with E-state index in [1.807, 2.05) is 6.92 Å². The number of Topliss-reactive ketones (excluding diaryl/α,β-unsaturated/α-hetero) is 1. The van der Waals surface area contributed by atoms with Crippen LogP contribution in [0.3, 0.4) is 0 Å². The average Bonchev–Trinajstić information content (AvgIpc) is 2.80. The fourth-order valence-electron chi connectivity index (χ4n) is 3.47.